The summed E-state index contributed by atoms with van der Waals surface area (Å²) in [6.45, 7) is 4.07. The summed E-state index contributed by atoms with van der Waals surface area (Å²) in [7, 11) is 0. The van der Waals surface area contributed by atoms with Crippen molar-refractivity contribution in [1.82, 2.24) is 5.16 Å². The Morgan fingerprint density at radius 3 is 2.90 bits per heavy atom. The van der Waals surface area contributed by atoms with E-state index in [4.69, 9.17) is 14.4 Å². The van der Waals surface area contributed by atoms with E-state index in [0.29, 0.717) is 12.4 Å². The second kappa shape index (κ2) is 6.06. The van der Waals surface area contributed by atoms with E-state index in [9.17, 15) is 4.79 Å². The summed E-state index contributed by atoms with van der Waals surface area (Å²) in [5.74, 6) is 0.425. The number of hydrogen-bond acceptors (Lipinski definition) is 4. The maximum Gasteiger partial charge on any atom is 0.328 e. The molecule has 104 valence electrons. The van der Waals surface area contributed by atoms with Crippen LogP contribution in [0.4, 0.5) is 0 Å². The fraction of sp³-hybridized carbons (Fsp3) is 0.200. The van der Waals surface area contributed by atoms with Gasteiger partial charge in [-0.1, -0.05) is 17.3 Å². The summed E-state index contributed by atoms with van der Waals surface area (Å²) in [4.78, 5) is 10.5. The minimum absolute atomic E-state index is 0.368. The molecule has 2 rings (SSSR count). The van der Waals surface area contributed by atoms with Gasteiger partial charge < -0.3 is 14.4 Å². The maximum atomic E-state index is 10.5. The van der Waals surface area contributed by atoms with Gasteiger partial charge in [0.2, 0.25) is 0 Å². The van der Waals surface area contributed by atoms with Crippen molar-refractivity contribution in [3.63, 3.8) is 0 Å². The van der Waals surface area contributed by atoms with E-state index in [2.05, 4.69) is 5.16 Å². The van der Waals surface area contributed by atoms with E-state index < -0.39 is 5.97 Å². The van der Waals surface area contributed by atoms with E-state index >= 15 is 0 Å². The van der Waals surface area contributed by atoms with E-state index in [1.54, 1.807) is 6.07 Å². The van der Waals surface area contributed by atoms with Gasteiger partial charge in [0.1, 0.15) is 18.1 Å². The van der Waals surface area contributed by atoms with E-state index in [1.165, 1.54) is 6.08 Å². The first-order valence-electron chi connectivity index (χ1n) is 6.12. The number of carboxylic acids is 1. The van der Waals surface area contributed by atoms with Crippen molar-refractivity contribution in [1.29, 1.82) is 0 Å². The van der Waals surface area contributed by atoms with Gasteiger partial charge in [0.15, 0.2) is 0 Å². The van der Waals surface area contributed by atoms with Crippen LogP contribution in [-0.2, 0) is 11.4 Å². The Balaban J connectivity index is 2.07. The average molecular weight is 273 g/mol. The number of aliphatic carboxylic acids is 1. The number of hydrogen-bond donors (Lipinski definition) is 1. The zero-order valence-electron chi connectivity index (χ0n) is 11.3. The number of carboxylic acid groups (broad SMARTS) is 1. The smallest absolute Gasteiger partial charge is 0.328 e. The molecule has 0 unspecified atom stereocenters. The standard InChI is InChI=1S/C15H15NO4/c1-10-14(11(2)20-16-10)9-19-13-5-3-4-12(8-13)6-7-15(17)18/h3-8H,9H2,1-2H3,(H,17,18)/b7-6+. The molecule has 1 heterocycles. The SMILES string of the molecule is Cc1noc(C)c1COc1cccc(/C=C/C(=O)O)c1. The molecule has 0 aliphatic carbocycles. The molecule has 0 amide bonds. The molecule has 0 spiro atoms. The number of aryl methyl sites for hydroxylation is 2. The molecule has 0 aliphatic heterocycles. The van der Waals surface area contributed by atoms with Crippen molar-refractivity contribution in [3.05, 3.63) is 52.9 Å². The Labute approximate surface area is 116 Å². The third kappa shape index (κ3) is 3.47. The third-order valence-electron chi connectivity index (χ3n) is 2.84. The average Bonchev–Trinajstić information content (AvgIpc) is 2.74. The minimum Gasteiger partial charge on any atom is -0.489 e. The lowest BCUT2D eigenvalue weighted by Crippen LogP contribution is -1.97. The lowest BCUT2D eigenvalue weighted by atomic mass is 10.2. The second-order valence-electron chi connectivity index (χ2n) is 4.34. The van der Waals surface area contributed by atoms with Crippen LogP contribution in [0.15, 0.2) is 34.9 Å². The van der Waals surface area contributed by atoms with Gasteiger partial charge in [0.05, 0.1) is 11.3 Å². The Kier molecular flexibility index (Phi) is 4.20. The predicted molar refractivity (Wildman–Crippen MR) is 73.4 cm³/mol. The summed E-state index contributed by atoms with van der Waals surface area (Å²) in [6.07, 6.45) is 2.61. The lowest BCUT2D eigenvalue weighted by Gasteiger charge is -2.06. The largest absolute Gasteiger partial charge is 0.489 e. The van der Waals surface area contributed by atoms with Crippen molar-refractivity contribution in [2.75, 3.05) is 0 Å². The molecule has 0 bridgehead atoms. The lowest BCUT2D eigenvalue weighted by molar-refractivity contribution is -0.131. The van der Waals surface area contributed by atoms with Crippen LogP contribution in [0.2, 0.25) is 0 Å². The molecule has 5 heteroatoms. The molecule has 1 aromatic heterocycles. The summed E-state index contributed by atoms with van der Waals surface area (Å²) < 4.78 is 10.7. The molecule has 5 nitrogen and oxygen atoms in total. The zero-order valence-corrected chi connectivity index (χ0v) is 11.3. The molecule has 0 atom stereocenters. The van der Waals surface area contributed by atoms with Crippen LogP contribution < -0.4 is 4.74 Å². The highest BCUT2D eigenvalue weighted by Crippen LogP contribution is 2.19. The van der Waals surface area contributed by atoms with Crippen molar-refractivity contribution in [3.8, 4) is 5.75 Å². The molecule has 1 N–H and O–H groups in total. The third-order valence-corrected chi connectivity index (χ3v) is 2.84. The van der Waals surface area contributed by atoms with E-state index in [0.717, 1.165) is 28.7 Å². The number of ether oxygens (including phenoxy) is 1. The molecule has 0 fully saturated rings. The number of nitrogens with zero attached hydrogens (tertiary/aromatic N) is 1. The molecule has 0 aliphatic rings. The summed E-state index contributed by atoms with van der Waals surface area (Å²) in [5, 5.41) is 12.5. The molecular formula is C15H15NO4. The Hall–Kier alpha value is -2.56. The molecule has 0 saturated heterocycles. The van der Waals surface area contributed by atoms with Crippen LogP contribution in [0.25, 0.3) is 6.08 Å². The molecule has 0 saturated carbocycles. The predicted octanol–water partition coefficient (Wildman–Crippen LogP) is 2.97. The highest BCUT2D eigenvalue weighted by molar-refractivity contribution is 5.85. The topological polar surface area (TPSA) is 72.6 Å². The monoisotopic (exact) mass is 273 g/mol. The van der Waals surface area contributed by atoms with Crippen molar-refractivity contribution < 1.29 is 19.2 Å². The van der Waals surface area contributed by atoms with Crippen LogP contribution in [0.3, 0.4) is 0 Å². The van der Waals surface area contributed by atoms with Crippen LogP contribution >= 0.6 is 0 Å². The zero-order chi connectivity index (χ0) is 14.5. The maximum absolute atomic E-state index is 10.5. The van der Waals surface area contributed by atoms with Gasteiger partial charge in [-0.25, -0.2) is 4.79 Å². The number of rotatable bonds is 5. The molecule has 0 radical (unpaired) electrons. The highest BCUT2D eigenvalue weighted by Gasteiger charge is 2.09. The van der Waals surface area contributed by atoms with Crippen molar-refractivity contribution in [2.45, 2.75) is 20.5 Å². The first-order chi connectivity index (χ1) is 9.56. The summed E-state index contributed by atoms with van der Waals surface area (Å²) >= 11 is 0. The molecule has 1 aromatic carbocycles. The van der Waals surface area contributed by atoms with Gasteiger partial charge in [-0.3, -0.25) is 0 Å². The number of aromatic nitrogens is 1. The van der Waals surface area contributed by atoms with Crippen LogP contribution in [0, 0.1) is 13.8 Å². The molecule has 20 heavy (non-hydrogen) atoms. The minimum atomic E-state index is -0.980. The Morgan fingerprint density at radius 2 is 2.25 bits per heavy atom. The molecule has 2 aromatic rings. The van der Waals surface area contributed by atoms with Crippen molar-refractivity contribution >= 4 is 12.0 Å². The number of benzene rings is 1. The van der Waals surface area contributed by atoms with Crippen LogP contribution in [0.5, 0.6) is 5.75 Å². The Bertz CT molecular complexity index is 624. The van der Waals surface area contributed by atoms with Gasteiger partial charge in [0.25, 0.3) is 0 Å². The van der Waals surface area contributed by atoms with Crippen LogP contribution in [-0.4, -0.2) is 16.2 Å². The molecular weight excluding hydrogens is 258 g/mol. The van der Waals surface area contributed by atoms with E-state index in [1.807, 2.05) is 32.0 Å². The highest BCUT2D eigenvalue weighted by atomic mass is 16.5. The van der Waals surface area contributed by atoms with Gasteiger partial charge in [-0.15, -0.1) is 0 Å². The quantitative estimate of drug-likeness (QED) is 0.848. The van der Waals surface area contributed by atoms with Crippen molar-refractivity contribution in [2.24, 2.45) is 0 Å². The van der Waals surface area contributed by atoms with Gasteiger partial charge in [-0.2, -0.15) is 0 Å². The first kappa shape index (κ1) is 13.9. The summed E-state index contributed by atoms with van der Waals surface area (Å²) in [5.41, 5.74) is 2.50. The van der Waals surface area contributed by atoms with Gasteiger partial charge >= 0.3 is 5.97 Å². The first-order valence-corrected chi connectivity index (χ1v) is 6.12. The fourth-order valence-electron chi connectivity index (χ4n) is 1.74. The summed E-state index contributed by atoms with van der Waals surface area (Å²) in [6, 6.07) is 7.21. The second-order valence-corrected chi connectivity index (χ2v) is 4.34. The Morgan fingerprint density at radius 1 is 1.45 bits per heavy atom. The fourth-order valence-corrected chi connectivity index (χ4v) is 1.74. The number of carbonyl (C=O) groups is 1. The van der Waals surface area contributed by atoms with Gasteiger partial charge in [-0.05, 0) is 37.6 Å². The van der Waals surface area contributed by atoms with E-state index in [-0.39, 0.29) is 0 Å². The van der Waals surface area contributed by atoms with Crippen LogP contribution in [0.1, 0.15) is 22.6 Å². The van der Waals surface area contributed by atoms with Gasteiger partial charge in [0, 0.05) is 6.08 Å². The normalized spacial score (nSPS) is 10.9.